The maximum absolute atomic E-state index is 13.9. The molecule has 0 spiro atoms. The van der Waals surface area contributed by atoms with Crippen LogP contribution in [0, 0.1) is 35.0 Å². The largest absolute Gasteiger partial charge is 0.416 e. The topological polar surface area (TPSA) is 54.5 Å². The molecule has 1 aromatic carbocycles. The first-order chi connectivity index (χ1) is 15.2. The van der Waals surface area contributed by atoms with Gasteiger partial charge in [0.1, 0.15) is 5.01 Å². The van der Waals surface area contributed by atoms with Crippen LogP contribution in [0.4, 0.5) is 27.8 Å². The Morgan fingerprint density at radius 2 is 1.69 bits per heavy atom. The van der Waals surface area contributed by atoms with Crippen molar-refractivity contribution in [1.29, 1.82) is 0 Å². The molecule has 0 atom stereocenters. The first kappa shape index (κ1) is 24.4. The average Bonchev–Trinajstić information content (AvgIpc) is 3.18. The summed E-state index contributed by atoms with van der Waals surface area (Å²) in [6.07, 6.45) is 3.74. The number of aromatic nitrogens is 1. The number of carbonyl (C=O) groups excluding carboxylic acids is 1. The van der Waals surface area contributed by atoms with E-state index in [0.29, 0.717) is 24.0 Å². The van der Waals surface area contributed by atoms with Gasteiger partial charge in [0.15, 0.2) is 10.7 Å². The van der Waals surface area contributed by atoms with Gasteiger partial charge in [0.2, 0.25) is 34.8 Å². The number of nitrogens with zero attached hydrogens (tertiary/aromatic N) is 2. The summed E-state index contributed by atoms with van der Waals surface area (Å²) >= 11 is 0.966. The Bertz CT molecular complexity index is 948. The van der Waals surface area contributed by atoms with Gasteiger partial charge in [-0.05, 0) is 38.3 Å². The SMILES string of the molecule is CCCCNc1nc(CN2CCC(C)CC2)sc1C(=O)Oc1c(F)c(F)c(F)c(F)c1F. The molecule has 1 saturated heterocycles. The van der Waals surface area contributed by atoms with Gasteiger partial charge in [-0.15, -0.1) is 11.3 Å². The second-order valence-electron chi connectivity index (χ2n) is 7.81. The minimum Gasteiger partial charge on any atom is -0.416 e. The van der Waals surface area contributed by atoms with Gasteiger partial charge < -0.3 is 10.1 Å². The fraction of sp³-hybridized carbons (Fsp3) is 0.524. The van der Waals surface area contributed by atoms with E-state index in [1.165, 1.54) is 0 Å². The standard InChI is InChI=1S/C21H24F5N3O2S/c1-3-4-7-27-20-19(32-12(28-20)10-29-8-5-11(2)6-9-29)21(30)31-18-16(25)14(23)13(22)15(24)17(18)26/h11,27H,3-10H2,1-2H3. The normalized spacial score (nSPS) is 15.2. The Balaban J connectivity index is 1.85. The smallest absolute Gasteiger partial charge is 0.357 e. The molecule has 0 saturated carbocycles. The third kappa shape index (κ3) is 5.37. The molecule has 0 radical (unpaired) electrons. The summed E-state index contributed by atoms with van der Waals surface area (Å²) in [5.41, 5.74) is 0. The van der Waals surface area contributed by atoms with Gasteiger partial charge in [-0.25, -0.2) is 22.9 Å². The number of benzene rings is 1. The minimum atomic E-state index is -2.32. The maximum atomic E-state index is 13.9. The molecule has 0 amide bonds. The Kier molecular flexibility index (Phi) is 8.05. The van der Waals surface area contributed by atoms with Crippen molar-refractivity contribution in [2.45, 2.75) is 46.1 Å². The molecular weight excluding hydrogens is 453 g/mol. The number of piperidine rings is 1. The molecule has 0 bridgehead atoms. The van der Waals surface area contributed by atoms with E-state index in [0.717, 1.165) is 50.1 Å². The molecule has 2 aromatic rings. The number of hydrogen-bond acceptors (Lipinski definition) is 6. The zero-order valence-electron chi connectivity index (χ0n) is 17.7. The number of nitrogens with one attached hydrogen (secondary N) is 1. The van der Waals surface area contributed by atoms with E-state index < -0.39 is 40.8 Å². The summed E-state index contributed by atoms with van der Waals surface area (Å²) in [4.78, 5) is 19.2. The number of esters is 1. The third-order valence-corrected chi connectivity index (χ3v) is 6.30. The van der Waals surface area contributed by atoms with Crippen LogP contribution in [0.25, 0.3) is 0 Å². The highest BCUT2D eigenvalue weighted by Gasteiger charge is 2.30. The second kappa shape index (κ2) is 10.6. The summed E-state index contributed by atoms with van der Waals surface area (Å²) < 4.78 is 72.7. The molecule has 176 valence electrons. The fourth-order valence-corrected chi connectivity index (χ4v) is 4.26. The molecule has 0 aliphatic carbocycles. The van der Waals surface area contributed by atoms with Crippen molar-refractivity contribution in [2.24, 2.45) is 5.92 Å². The van der Waals surface area contributed by atoms with Crippen LogP contribution in [0.2, 0.25) is 0 Å². The molecule has 1 fully saturated rings. The van der Waals surface area contributed by atoms with Crippen molar-refractivity contribution in [3.8, 4) is 5.75 Å². The predicted octanol–water partition coefficient (Wildman–Crippen LogP) is 5.50. The van der Waals surface area contributed by atoms with Gasteiger partial charge in [-0.2, -0.15) is 8.78 Å². The molecule has 1 aliphatic heterocycles. The molecule has 1 aliphatic rings. The molecule has 32 heavy (non-hydrogen) atoms. The summed E-state index contributed by atoms with van der Waals surface area (Å²) in [5, 5.41) is 3.58. The van der Waals surface area contributed by atoms with E-state index in [-0.39, 0.29) is 10.7 Å². The van der Waals surface area contributed by atoms with Crippen molar-refractivity contribution in [1.82, 2.24) is 9.88 Å². The van der Waals surface area contributed by atoms with Gasteiger partial charge in [0.05, 0.1) is 6.54 Å². The Hall–Kier alpha value is -2.27. The van der Waals surface area contributed by atoms with Crippen LogP contribution in [-0.2, 0) is 6.54 Å². The summed E-state index contributed by atoms with van der Waals surface area (Å²) in [6.45, 7) is 6.89. The Labute approximate surface area is 186 Å². The van der Waals surface area contributed by atoms with E-state index in [9.17, 15) is 26.7 Å². The lowest BCUT2D eigenvalue weighted by atomic mass is 9.99. The van der Waals surface area contributed by atoms with Crippen molar-refractivity contribution in [3.63, 3.8) is 0 Å². The number of rotatable bonds is 8. The van der Waals surface area contributed by atoms with E-state index in [1.54, 1.807) is 0 Å². The van der Waals surface area contributed by atoms with Crippen molar-refractivity contribution in [3.05, 3.63) is 39.0 Å². The molecule has 2 heterocycles. The second-order valence-corrected chi connectivity index (χ2v) is 8.90. The molecule has 11 heteroatoms. The number of thiazole rings is 1. The maximum Gasteiger partial charge on any atom is 0.357 e. The lowest BCUT2D eigenvalue weighted by molar-refractivity contribution is 0.0722. The van der Waals surface area contributed by atoms with Gasteiger partial charge in [-0.1, -0.05) is 20.3 Å². The van der Waals surface area contributed by atoms with E-state index in [1.807, 2.05) is 6.92 Å². The average molecular weight is 477 g/mol. The number of ether oxygens (including phenoxy) is 1. The zero-order chi connectivity index (χ0) is 23.4. The van der Waals surface area contributed by atoms with Crippen LogP contribution in [-0.4, -0.2) is 35.5 Å². The zero-order valence-corrected chi connectivity index (χ0v) is 18.6. The molecular formula is C21H24F5N3O2S. The fourth-order valence-electron chi connectivity index (χ4n) is 3.30. The monoisotopic (exact) mass is 477 g/mol. The van der Waals surface area contributed by atoms with Gasteiger partial charge in [0.25, 0.3) is 0 Å². The lowest BCUT2D eigenvalue weighted by Crippen LogP contribution is -2.32. The highest BCUT2D eigenvalue weighted by atomic mass is 32.1. The molecule has 1 aromatic heterocycles. The number of unbranched alkanes of at least 4 members (excludes halogenated alkanes) is 1. The summed E-state index contributed by atoms with van der Waals surface area (Å²) in [7, 11) is 0. The third-order valence-electron chi connectivity index (χ3n) is 5.28. The van der Waals surface area contributed by atoms with Gasteiger partial charge in [0, 0.05) is 6.54 Å². The predicted molar refractivity (Wildman–Crippen MR) is 110 cm³/mol. The van der Waals surface area contributed by atoms with Crippen LogP contribution in [0.15, 0.2) is 0 Å². The first-order valence-corrected chi connectivity index (χ1v) is 11.2. The van der Waals surface area contributed by atoms with E-state index in [2.05, 4.69) is 26.9 Å². The van der Waals surface area contributed by atoms with Crippen molar-refractivity contribution < 1.29 is 31.5 Å². The molecule has 0 unspecified atom stereocenters. The number of hydrogen-bond donors (Lipinski definition) is 1. The molecule has 1 N–H and O–H groups in total. The van der Waals surface area contributed by atoms with Crippen LogP contribution < -0.4 is 10.1 Å². The van der Waals surface area contributed by atoms with Crippen molar-refractivity contribution >= 4 is 23.1 Å². The molecule has 3 rings (SSSR count). The highest BCUT2D eigenvalue weighted by Crippen LogP contribution is 2.32. The minimum absolute atomic E-state index is 0.0922. The van der Waals surface area contributed by atoms with Crippen LogP contribution in [0.1, 0.15) is 54.2 Å². The summed E-state index contributed by atoms with van der Waals surface area (Å²) in [5.74, 6) is -13.2. The van der Waals surface area contributed by atoms with Gasteiger partial charge >= 0.3 is 5.97 Å². The highest BCUT2D eigenvalue weighted by molar-refractivity contribution is 7.14. The van der Waals surface area contributed by atoms with E-state index >= 15 is 0 Å². The Morgan fingerprint density at radius 3 is 2.28 bits per heavy atom. The van der Waals surface area contributed by atoms with Crippen LogP contribution in [0.3, 0.4) is 0 Å². The number of halogens is 5. The molecule has 5 nitrogen and oxygen atoms in total. The summed E-state index contributed by atoms with van der Waals surface area (Å²) in [6, 6.07) is 0. The first-order valence-electron chi connectivity index (χ1n) is 10.4. The quantitative estimate of drug-likeness (QED) is 0.136. The number of anilines is 1. The Morgan fingerprint density at radius 1 is 1.09 bits per heavy atom. The van der Waals surface area contributed by atoms with Crippen LogP contribution >= 0.6 is 11.3 Å². The number of likely N-dealkylation sites (tertiary alicyclic amines) is 1. The lowest BCUT2D eigenvalue weighted by Gasteiger charge is -2.29. The number of carbonyl (C=O) groups is 1. The van der Waals surface area contributed by atoms with Crippen molar-refractivity contribution in [2.75, 3.05) is 25.0 Å². The van der Waals surface area contributed by atoms with E-state index in [4.69, 9.17) is 0 Å². The van der Waals surface area contributed by atoms with Gasteiger partial charge in [-0.3, -0.25) is 4.90 Å². The van der Waals surface area contributed by atoms with Crippen LogP contribution in [0.5, 0.6) is 5.75 Å².